The van der Waals surface area contributed by atoms with Crippen LogP contribution in [0.25, 0.3) is 0 Å². The minimum absolute atomic E-state index is 0.0331. The van der Waals surface area contributed by atoms with Crippen LogP contribution in [0, 0.1) is 23.7 Å². The van der Waals surface area contributed by atoms with E-state index in [1.54, 1.807) is 0 Å². The van der Waals surface area contributed by atoms with Gasteiger partial charge in [0, 0.05) is 11.8 Å². The monoisotopic (exact) mass is 290 g/mol. The van der Waals surface area contributed by atoms with Gasteiger partial charge in [0.25, 0.3) is 0 Å². The fourth-order valence-electron chi connectivity index (χ4n) is 4.12. The molecule has 4 unspecified atom stereocenters. The molecule has 2 aliphatic carbocycles. The van der Waals surface area contributed by atoms with Crippen molar-refractivity contribution < 1.29 is 18.0 Å². The molecule has 0 aromatic rings. The van der Waals surface area contributed by atoms with Gasteiger partial charge in [-0.15, -0.1) is 0 Å². The fourth-order valence-corrected chi connectivity index (χ4v) is 4.12. The van der Waals surface area contributed by atoms with E-state index in [1.165, 1.54) is 0 Å². The standard InChI is InChI=1S/C16H25F3O/c1-2-11-6-3-4-9-14(11)15(20)12-7-5-8-13(10-12)16(17,18)19/h11-14H,2-10H2,1H3. The highest BCUT2D eigenvalue weighted by atomic mass is 19.4. The zero-order valence-corrected chi connectivity index (χ0v) is 12.2. The Morgan fingerprint density at radius 3 is 2.40 bits per heavy atom. The number of carbonyl (C=O) groups excluding carboxylic acids is 1. The fraction of sp³-hybridized carbons (Fsp3) is 0.938. The molecule has 0 aliphatic heterocycles. The summed E-state index contributed by atoms with van der Waals surface area (Å²) < 4.78 is 38.6. The van der Waals surface area contributed by atoms with Crippen LogP contribution in [0.4, 0.5) is 13.2 Å². The van der Waals surface area contributed by atoms with E-state index in [1.807, 2.05) is 0 Å². The molecule has 4 heteroatoms. The zero-order chi connectivity index (χ0) is 14.8. The summed E-state index contributed by atoms with van der Waals surface area (Å²) in [6, 6.07) is 0. The summed E-state index contributed by atoms with van der Waals surface area (Å²) in [5, 5.41) is 0. The first-order chi connectivity index (χ1) is 9.43. The van der Waals surface area contributed by atoms with Crippen molar-refractivity contribution in [2.45, 2.75) is 70.9 Å². The van der Waals surface area contributed by atoms with Gasteiger partial charge in [-0.25, -0.2) is 0 Å². The molecule has 0 N–H and O–H groups in total. The lowest BCUT2D eigenvalue weighted by atomic mass is 9.69. The number of Topliss-reactive ketones (excluding diaryl/α,β-unsaturated/α-hetero) is 1. The highest BCUT2D eigenvalue weighted by Crippen LogP contribution is 2.43. The van der Waals surface area contributed by atoms with Crippen molar-refractivity contribution in [3.63, 3.8) is 0 Å². The van der Waals surface area contributed by atoms with E-state index in [2.05, 4.69) is 6.92 Å². The van der Waals surface area contributed by atoms with Crippen LogP contribution in [-0.2, 0) is 4.79 Å². The molecule has 2 fully saturated rings. The SMILES string of the molecule is CCC1CCCCC1C(=O)C1CCCC(C(F)(F)F)C1. The Hall–Kier alpha value is -0.540. The molecule has 116 valence electrons. The van der Waals surface area contributed by atoms with Crippen molar-refractivity contribution in [3.8, 4) is 0 Å². The summed E-state index contributed by atoms with van der Waals surface area (Å²) in [7, 11) is 0. The first kappa shape index (κ1) is 15.8. The molecule has 0 saturated heterocycles. The maximum absolute atomic E-state index is 12.9. The number of hydrogen-bond acceptors (Lipinski definition) is 1. The van der Waals surface area contributed by atoms with Gasteiger partial charge in [0.2, 0.25) is 0 Å². The summed E-state index contributed by atoms with van der Waals surface area (Å²) in [6.07, 6.45) is 2.49. The van der Waals surface area contributed by atoms with Gasteiger partial charge in [-0.1, -0.05) is 32.6 Å². The van der Waals surface area contributed by atoms with Gasteiger partial charge in [0.1, 0.15) is 5.78 Å². The largest absolute Gasteiger partial charge is 0.391 e. The zero-order valence-electron chi connectivity index (χ0n) is 12.2. The Morgan fingerprint density at radius 1 is 1.05 bits per heavy atom. The predicted molar refractivity (Wildman–Crippen MR) is 72.2 cm³/mol. The van der Waals surface area contributed by atoms with Gasteiger partial charge < -0.3 is 0 Å². The van der Waals surface area contributed by atoms with Crippen LogP contribution >= 0.6 is 0 Å². The minimum Gasteiger partial charge on any atom is -0.299 e. The first-order valence-corrected chi connectivity index (χ1v) is 8.04. The van der Waals surface area contributed by atoms with Crippen LogP contribution in [0.2, 0.25) is 0 Å². The molecule has 1 nitrogen and oxygen atoms in total. The van der Waals surface area contributed by atoms with Crippen LogP contribution < -0.4 is 0 Å². The van der Waals surface area contributed by atoms with Gasteiger partial charge in [0.05, 0.1) is 5.92 Å². The molecule has 0 amide bonds. The van der Waals surface area contributed by atoms with E-state index in [9.17, 15) is 18.0 Å². The van der Waals surface area contributed by atoms with Gasteiger partial charge >= 0.3 is 6.18 Å². The number of alkyl halides is 3. The number of hydrogen-bond donors (Lipinski definition) is 0. The smallest absolute Gasteiger partial charge is 0.299 e. The second-order valence-corrected chi connectivity index (χ2v) is 6.56. The molecule has 2 saturated carbocycles. The normalized spacial score (nSPS) is 35.8. The summed E-state index contributed by atoms with van der Waals surface area (Å²) in [5.41, 5.74) is 0. The Balaban J connectivity index is 2.00. The summed E-state index contributed by atoms with van der Waals surface area (Å²) in [4.78, 5) is 12.6. The third-order valence-corrected chi connectivity index (χ3v) is 5.34. The highest BCUT2D eigenvalue weighted by Gasteiger charge is 2.45. The molecular formula is C16H25F3O. The number of halogens is 3. The topological polar surface area (TPSA) is 17.1 Å². The molecule has 0 aromatic heterocycles. The van der Waals surface area contributed by atoms with Crippen LogP contribution in [0.15, 0.2) is 0 Å². The molecule has 20 heavy (non-hydrogen) atoms. The lowest BCUT2D eigenvalue weighted by molar-refractivity contribution is -0.186. The van der Waals surface area contributed by atoms with Gasteiger partial charge in [-0.2, -0.15) is 13.2 Å². The minimum atomic E-state index is -4.13. The van der Waals surface area contributed by atoms with Crippen molar-refractivity contribution in [1.29, 1.82) is 0 Å². The third kappa shape index (κ3) is 3.56. The van der Waals surface area contributed by atoms with E-state index in [0.717, 1.165) is 32.1 Å². The Bertz CT molecular complexity index is 337. The molecule has 0 heterocycles. The first-order valence-electron chi connectivity index (χ1n) is 8.04. The maximum Gasteiger partial charge on any atom is 0.391 e. The van der Waals surface area contributed by atoms with Crippen molar-refractivity contribution >= 4 is 5.78 Å². The second kappa shape index (κ2) is 6.48. The Labute approximate surface area is 119 Å². The molecule has 0 radical (unpaired) electrons. The summed E-state index contributed by atoms with van der Waals surface area (Å²) in [6.45, 7) is 2.09. The number of carbonyl (C=O) groups is 1. The lowest BCUT2D eigenvalue weighted by Gasteiger charge is -2.35. The average Bonchev–Trinajstić information content (AvgIpc) is 2.45. The number of rotatable bonds is 3. The van der Waals surface area contributed by atoms with E-state index in [4.69, 9.17) is 0 Å². The highest BCUT2D eigenvalue weighted by molar-refractivity contribution is 5.84. The van der Waals surface area contributed by atoms with E-state index in [-0.39, 0.29) is 30.5 Å². The summed E-state index contributed by atoms with van der Waals surface area (Å²) >= 11 is 0. The molecule has 0 spiro atoms. The summed E-state index contributed by atoms with van der Waals surface area (Å²) in [5.74, 6) is -1.01. The maximum atomic E-state index is 12.9. The van der Waals surface area contributed by atoms with Crippen molar-refractivity contribution in [2.24, 2.45) is 23.7 Å². The molecule has 0 aromatic carbocycles. The van der Waals surface area contributed by atoms with Crippen LogP contribution in [0.5, 0.6) is 0 Å². The van der Waals surface area contributed by atoms with E-state index < -0.39 is 12.1 Å². The Kier molecular flexibility index (Phi) is 5.14. The van der Waals surface area contributed by atoms with Crippen LogP contribution in [0.1, 0.15) is 64.7 Å². The van der Waals surface area contributed by atoms with Gasteiger partial charge in [-0.05, 0) is 38.0 Å². The molecule has 4 atom stereocenters. The average molecular weight is 290 g/mol. The number of ketones is 1. The van der Waals surface area contributed by atoms with Crippen molar-refractivity contribution in [1.82, 2.24) is 0 Å². The predicted octanol–water partition coefficient (Wildman–Crippen LogP) is 5.14. The van der Waals surface area contributed by atoms with Crippen molar-refractivity contribution in [2.75, 3.05) is 0 Å². The van der Waals surface area contributed by atoms with Crippen molar-refractivity contribution in [3.05, 3.63) is 0 Å². The quantitative estimate of drug-likeness (QED) is 0.703. The van der Waals surface area contributed by atoms with Gasteiger partial charge in [0.15, 0.2) is 0 Å². The van der Waals surface area contributed by atoms with E-state index >= 15 is 0 Å². The van der Waals surface area contributed by atoms with Crippen LogP contribution in [-0.4, -0.2) is 12.0 Å². The van der Waals surface area contributed by atoms with E-state index in [0.29, 0.717) is 18.8 Å². The third-order valence-electron chi connectivity index (χ3n) is 5.34. The molecular weight excluding hydrogens is 265 g/mol. The second-order valence-electron chi connectivity index (χ2n) is 6.56. The van der Waals surface area contributed by atoms with Gasteiger partial charge in [-0.3, -0.25) is 4.79 Å². The molecule has 0 bridgehead atoms. The molecule has 2 rings (SSSR count). The lowest BCUT2D eigenvalue weighted by Crippen LogP contribution is -2.37. The van der Waals surface area contributed by atoms with Crippen LogP contribution in [0.3, 0.4) is 0 Å². The molecule has 2 aliphatic rings. The Morgan fingerprint density at radius 2 is 1.75 bits per heavy atom.